The first-order chi connectivity index (χ1) is 56.3. The molecule has 0 spiro atoms. The standard InChI is InChI=1S/C74H99N12O28P3S2/c1-6-16-44-35-57-48(33-42(44)3)66(49-34-43(4)51(76-7-2)36-58(49)111-57)46-18-8-9-19-47(46)71(98)83(5)28-15-23-60(88)77-26-11-10-20-50(72(99)85-30-14-22-55(85)70(97)80-52(37-64(91)92)68(95)81-53(73(100)101)38-65(93)94)79-69(96)54-21-13-29-84(54)62(90)25-32-119-118-31-24-61(89)78-27-12-17-45-40-86(74(102)82-67(45)75)63-39-56(87)59(112-63)41-110-116(106,107)114-117(108,109)113-115(103,104)105/h8-9,18-19,33-36,40,49-50,52-56,59,63,66,87H,6-7,10-11,13-16,20-32,37-39,41H2,1-5H3,(H,77,88)(H,78,89)(H,79,96)(H,80,97)(H,81,95)(H,91,92)(H,93,94)(H,100,101)(H,106,107)(H,108,109)(H2,75,82,102)(H2,103,104,105)/t49?,50?,52?,53?,54?,55?,56?,59-,63-,66?/m1/s1. The number of benzene rings is 2. The Balaban J connectivity index is 0.833. The fraction of sp³-hybridized carbons (Fsp3) is 0.541. The van der Waals surface area contributed by atoms with Crippen LogP contribution in [-0.2, 0) is 85.9 Å². The molecule has 0 bridgehead atoms. The Kier molecular flexibility index (Phi) is 35.1. The van der Waals surface area contributed by atoms with Crippen molar-refractivity contribution in [3.8, 4) is 17.6 Å². The largest absolute Gasteiger partial charge is 0.490 e. The Morgan fingerprint density at radius 3 is 2.13 bits per heavy atom. The van der Waals surface area contributed by atoms with Crippen molar-refractivity contribution in [3.63, 3.8) is 0 Å². The Morgan fingerprint density at radius 2 is 1.45 bits per heavy atom. The summed E-state index contributed by atoms with van der Waals surface area (Å²) in [7, 11) is -12.8. The lowest BCUT2D eigenvalue weighted by Crippen LogP contribution is -2.58. The fourth-order valence-electron chi connectivity index (χ4n) is 14.2. The molecule has 0 radical (unpaired) electrons. The number of unbranched alkanes of at least 4 members (excludes halogenated alkanes) is 1. The van der Waals surface area contributed by atoms with Gasteiger partial charge in [-0.2, -0.15) is 13.6 Å². The number of nitrogen functional groups attached to an aromatic ring is 1. The predicted octanol–water partition coefficient (Wildman–Crippen LogP) is 3.46. The SMILES string of the molecule is CCCc1cc2c(cc1C)C(c1ccccc1C(=O)N(C)CCCC(=O)NCCCCC(NC(=O)C1CCCN1C(=O)CCSSCCC(=O)NCC#Cc1cn([C@H]3CC(O)[C@@H](COP(=O)(O)OP(=O)(O)OP(=O)(O)O)O3)c(=O)nc1N)C(=O)N1CCCC1C(=O)NC(CC(=O)O)C(=O)NC(CC(=O)O)C(=O)O)C1C=C(C)C(=NCC)C=C1O2. The van der Waals surface area contributed by atoms with Gasteiger partial charge in [0.05, 0.1) is 43.4 Å². The van der Waals surface area contributed by atoms with E-state index in [1.807, 2.05) is 49.5 Å². The Labute approximate surface area is 691 Å². The van der Waals surface area contributed by atoms with Gasteiger partial charge in [0.2, 0.25) is 41.4 Å². The molecule has 3 fully saturated rings. The molecule has 3 aromatic rings. The van der Waals surface area contributed by atoms with Crippen molar-refractivity contribution >= 4 is 122 Å². The second kappa shape index (κ2) is 43.9. The number of fused-ring (bicyclic) bond motifs is 2. The molecular formula is C74H99N12O28P3S2. The van der Waals surface area contributed by atoms with Crippen molar-refractivity contribution in [3.05, 3.63) is 110 Å². The number of aryl methyl sites for hydroxylation is 2. The van der Waals surface area contributed by atoms with Crippen LogP contribution in [0.5, 0.6) is 5.75 Å². The number of nitrogens with one attached hydrogen (secondary N) is 5. The maximum Gasteiger partial charge on any atom is 0.490 e. The van der Waals surface area contributed by atoms with E-state index in [9.17, 15) is 101 Å². The molecule has 5 aliphatic rings. The molecule has 1 aliphatic carbocycles. The minimum absolute atomic E-state index is 0.00873. The summed E-state index contributed by atoms with van der Waals surface area (Å²) in [5, 5.41) is 51.6. The molecule has 10 unspecified atom stereocenters. The summed E-state index contributed by atoms with van der Waals surface area (Å²) < 4.78 is 59.8. The van der Waals surface area contributed by atoms with Gasteiger partial charge in [-0.05, 0) is 113 Å². The van der Waals surface area contributed by atoms with Gasteiger partial charge in [-0.15, -0.1) is 0 Å². The molecule has 5 heterocycles. The molecule has 0 saturated carbocycles. The highest BCUT2D eigenvalue weighted by atomic mass is 33.1. The van der Waals surface area contributed by atoms with E-state index in [2.05, 4.69) is 83.3 Å². The number of carboxylic acid groups (broad SMARTS) is 3. The maximum atomic E-state index is 14.8. The number of allylic oxidation sites excluding steroid dienone is 3. The van der Waals surface area contributed by atoms with Crippen LogP contribution in [-0.4, -0.2) is 242 Å². The van der Waals surface area contributed by atoms with Crippen LogP contribution < -0.4 is 42.7 Å². The molecule has 2 aromatic carbocycles. The monoisotopic (exact) mass is 1760 g/mol. The van der Waals surface area contributed by atoms with E-state index in [0.29, 0.717) is 24.9 Å². The second-order valence-electron chi connectivity index (χ2n) is 28.6. The van der Waals surface area contributed by atoms with Gasteiger partial charge in [0.15, 0.2) is 0 Å². The molecule has 650 valence electrons. The third-order valence-corrected chi connectivity index (χ3v) is 26.0. The number of likely N-dealkylation sites (tertiary alicyclic amines) is 2. The molecule has 3 saturated heterocycles. The van der Waals surface area contributed by atoms with Gasteiger partial charge < -0.3 is 96.5 Å². The Morgan fingerprint density at radius 1 is 0.798 bits per heavy atom. The number of hydrogen-bond donors (Lipinski definition) is 14. The van der Waals surface area contributed by atoms with Crippen LogP contribution in [0.2, 0.25) is 0 Å². The lowest BCUT2D eigenvalue weighted by atomic mass is 9.72. The number of rotatable bonds is 42. The van der Waals surface area contributed by atoms with Gasteiger partial charge in [-0.3, -0.25) is 62.0 Å². The average molecular weight is 1760 g/mol. The number of phosphoric ester groups is 1. The molecule has 119 heavy (non-hydrogen) atoms. The number of carboxylic acids is 3. The minimum Gasteiger partial charge on any atom is -0.481 e. The number of carbonyl (C=O) groups is 11. The van der Waals surface area contributed by atoms with Crippen LogP contribution in [0.4, 0.5) is 5.82 Å². The number of aromatic nitrogens is 2. The van der Waals surface area contributed by atoms with Crippen LogP contribution in [0.25, 0.3) is 0 Å². The van der Waals surface area contributed by atoms with Crippen molar-refractivity contribution in [2.45, 2.75) is 185 Å². The van der Waals surface area contributed by atoms with Crippen molar-refractivity contribution in [2.75, 3.05) is 70.2 Å². The average Bonchev–Trinajstić information content (AvgIpc) is 1.47. The first kappa shape index (κ1) is 95.3. The molecule has 8 amide bonds. The molecule has 40 nitrogen and oxygen atoms in total. The predicted molar refractivity (Wildman–Crippen MR) is 429 cm³/mol. The quantitative estimate of drug-likeness (QED) is 0.0167. The van der Waals surface area contributed by atoms with Gasteiger partial charge in [-0.1, -0.05) is 77.1 Å². The van der Waals surface area contributed by atoms with E-state index in [0.717, 1.165) is 68.0 Å². The lowest BCUT2D eigenvalue weighted by molar-refractivity contribution is -0.148. The molecule has 8 rings (SSSR count). The van der Waals surface area contributed by atoms with Crippen molar-refractivity contribution in [1.29, 1.82) is 0 Å². The number of nitrogens with zero attached hydrogens (tertiary/aromatic N) is 6. The van der Waals surface area contributed by atoms with Gasteiger partial charge in [0, 0.05) is 112 Å². The van der Waals surface area contributed by atoms with Crippen LogP contribution in [0.15, 0.2) is 75.9 Å². The smallest absolute Gasteiger partial charge is 0.481 e. The van der Waals surface area contributed by atoms with E-state index >= 15 is 0 Å². The first-order valence-electron chi connectivity index (χ1n) is 38.3. The van der Waals surface area contributed by atoms with Gasteiger partial charge >= 0.3 is 47.1 Å². The minimum atomic E-state index is -5.84. The second-order valence-corrected chi connectivity index (χ2v) is 35.7. The molecule has 45 heteroatoms. The van der Waals surface area contributed by atoms with E-state index in [1.54, 1.807) is 11.9 Å². The Hall–Kier alpha value is -9.17. The Bertz CT molecular complexity index is 4690. The number of nitrogens with two attached hydrogens (primary N) is 1. The van der Waals surface area contributed by atoms with Gasteiger partial charge in [0.25, 0.3) is 5.91 Å². The van der Waals surface area contributed by atoms with E-state index in [4.69, 9.17) is 30.0 Å². The van der Waals surface area contributed by atoms with Crippen LogP contribution >= 0.6 is 45.1 Å². The van der Waals surface area contributed by atoms with Crippen molar-refractivity contribution < 1.29 is 129 Å². The number of aliphatic carboxylic acids is 3. The summed E-state index contributed by atoms with van der Waals surface area (Å²) in [4.78, 5) is 208. The number of aliphatic hydroxyl groups is 1. The number of aliphatic hydroxyl groups excluding tert-OH is 1. The molecule has 12 atom stereocenters. The highest BCUT2D eigenvalue weighted by Gasteiger charge is 2.46. The summed E-state index contributed by atoms with van der Waals surface area (Å²) >= 11 is 0. The van der Waals surface area contributed by atoms with Crippen LogP contribution in [0, 0.1) is 24.7 Å². The number of ether oxygens (including phenoxy) is 2. The zero-order valence-electron chi connectivity index (χ0n) is 65.8. The number of phosphoric acid groups is 3. The third kappa shape index (κ3) is 27.7. The van der Waals surface area contributed by atoms with Crippen LogP contribution in [0.3, 0.4) is 0 Å². The molecule has 4 aliphatic heterocycles. The highest BCUT2D eigenvalue weighted by Crippen LogP contribution is 2.66. The van der Waals surface area contributed by atoms with Crippen LogP contribution in [0.1, 0.15) is 167 Å². The fourth-order valence-corrected chi connectivity index (χ4v) is 19.2. The summed E-state index contributed by atoms with van der Waals surface area (Å²) in [5.74, 6) is -3.47. The zero-order chi connectivity index (χ0) is 87.2. The number of amides is 8. The summed E-state index contributed by atoms with van der Waals surface area (Å²) in [6.07, 6.45) is 2.06. The normalized spacial score (nSPS) is 20.9. The summed E-state index contributed by atoms with van der Waals surface area (Å²) in [5.41, 5.74) is 11.4. The van der Waals surface area contributed by atoms with Crippen molar-refractivity contribution in [2.24, 2.45) is 10.9 Å². The highest BCUT2D eigenvalue weighted by molar-refractivity contribution is 8.76. The summed E-state index contributed by atoms with van der Waals surface area (Å²) in [6, 6.07) is 4.21. The van der Waals surface area contributed by atoms with Gasteiger partial charge in [-0.25, -0.2) is 23.3 Å². The topological polar surface area (TPSA) is 590 Å². The van der Waals surface area contributed by atoms with Gasteiger partial charge in [0.1, 0.15) is 59.9 Å². The van der Waals surface area contributed by atoms with E-state index in [-0.39, 0.29) is 149 Å². The van der Waals surface area contributed by atoms with E-state index < -0.39 is 145 Å². The third-order valence-electron chi connectivity index (χ3n) is 19.8. The molecule has 1 aromatic heterocycles. The number of carbonyl (C=O) groups excluding carboxylic acids is 8. The summed E-state index contributed by atoms with van der Waals surface area (Å²) in [6.45, 7) is 8.12. The first-order valence-corrected chi connectivity index (χ1v) is 45.3. The zero-order valence-corrected chi connectivity index (χ0v) is 70.1. The molecule has 15 N–H and O–H groups in total. The van der Waals surface area contributed by atoms with E-state index in [1.165, 1.54) is 32.1 Å². The lowest BCUT2D eigenvalue weighted by Gasteiger charge is -2.38. The molecular weight excluding hydrogens is 1660 g/mol. The number of hydrogen-bond acceptors (Lipinski definition) is 26. The van der Waals surface area contributed by atoms with Crippen molar-refractivity contribution in [1.82, 2.24) is 50.8 Å². The number of anilines is 1. The maximum absolute atomic E-state index is 14.8. The number of aliphatic imine (C=N–C) groups is 1.